The van der Waals surface area contributed by atoms with Crippen molar-refractivity contribution in [3.05, 3.63) is 28.3 Å². The van der Waals surface area contributed by atoms with E-state index >= 15 is 0 Å². The summed E-state index contributed by atoms with van der Waals surface area (Å²) in [7, 11) is -1.67. The van der Waals surface area contributed by atoms with Gasteiger partial charge in [0.25, 0.3) is 5.69 Å². The van der Waals surface area contributed by atoms with Gasteiger partial charge in [-0.3, -0.25) is 10.1 Å². The number of nitrogens with one attached hydrogen (secondary N) is 1. The summed E-state index contributed by atoms with van der Waals surface area (Å²) in [6.07, 6.45) is 0.953. The van der Waals surface area contributed by atoms with Crippen LogP contribution in [0.25, 0.3) is 0 Å². The van der Waals surface area contributed by atoms with E-state index in [-0.39, 0.29) is 11.0 Å². The van der Waals surface area contributed by atoms with Gasteiger partial charge in [-0.05, 0) is 19.2 Å². The number of morpholine rings is 1. The van der Waals surface area contributed by atoms with Crippen LogP contribution in [0.1, 0.15) is 0 Å². The van der Waals surface area contributed by atoms with E-state index in [2.05, 4.69) is 10.2 Å². The van der Waals surface area contributed by atoms with Gasteiger partial charge < -0.3 is 15.0 Å². The van der Waals surface area contributed by atoms with Crippen LogP contribution in [-0.4, -0.2) is 63.9 Å². The molecule has 0 bridgehead atoms. The second kappa shape index (κ2) is 6.59. The zero-order valence-corrected chi connectivity index (χ0v) is 13.3. The lowest BCUT2D eigenvalue weighted by Crippen LogP contribution is -2.43. The summed E-state index contributed by atoms with van der Waals surface area (Å²) in [6, 6.07) is 3.99. The van der Waals surface area contributed by atoms with Crippen molar-refractivity contribution in [2.45, 2.75) is 11.0 Å². The number of sulfone groups is 1. The second-order valence-electron chi connectivity index (χ2n) is 5.35. The van der Waals surface area contributed by atoms with Gasteiger partial charge in [0.2, 0.25) is 0 Å². The van der Waals surface area contributed by atoms with Gasteiger partial charge in [0.05, 0.1) is 17.6 Å². The molecule has 0 aromatic heterocycles. The highest BCUT2D eigenvalue weighted by molar-refractivity contribution is 7.90. The average Bonchev–Trinajstić information content (AvgIpc) is 2.44. The van der Waals surface area contributed by atoms with Gasteiger partial charge in [-0.2, -0.15) is 0 Å². The van der Waals surface area contributed by atoms with E-state index in [0.29, 0.717) is 18.8 Å². The Labute approximate surface area is 129 Å². The Morgan fingerprint density at radius 2 is 2.23 bits per heavy atom. The van der Waals surface area contributed by atoms with Gasteiger partial charge in [0.15, 0.2) is 9.84 Å². The fourth-order valence-corrected chi connectivity index (χ4v) is 3.16. The zero-order chi connectivity index (χ0) is 16.3. The molecule has 1 aromatic rings. The molecule has 8 nitrogen and oxygen atoms in total. The molecule has 1 fully saturated rings. The van der Waals surface area contributed by atoms with Crippen molar-refractivity contribution >= 4 is 21.2 Å². The highest BCUT2D eigenvalue weighted by Crippen LogP contribution is 2.27. The molecule has 2 rings (SSSR count). The quantitative estimate of drug-likeness (QED) is 0.628. The summed E-state index contributed by atoms with van der Waals surface area (Å²) in [5.74, 6) is 0. The summed E-state index contributed by atoms with van der Waals surface area (Å²) in [5.41, 5.74) is 0.101. The Morgan fingerprint density at radius 3 is 2.82 bits per heavy atom. The molecular weight excluding hydrogens is 310 g/mol. The van der Waals surface area contributed by atoms with Crippen LogP contribution >= 0.6 is 0 Å². The van der Waals surface area contributed by atoms with Crippen LogP contribution in [-0.2, 0) is 14.6 Å². The topological polar surface area (TPSA) is 102 Å². The lowest BCUT2D eigenvalue weighted by Gasteiger charge is -2.30. The third kappa shape index (κ3) is 4.15. The van der Waals surface area contributed by atoms with Gasteiger partial charge in [0, 0.05) is 37.6 Å². The van der Waals surface area contributed by atoms with Crippen molar-refractivity contribution in [1.82, 2.24) is 4.90 Å². The zero-order valence-electron chi connectivity index (χ0n) is 12.5. The third-order valence-electron chi connectivity index (χ3n) is 3.43. The monoisotopic (exact) mass is 329 g/mol. The summed E-state index contributed by atoms with van der Waals surface area (Å²) in [6.45, 7) is 2.81. The fourth-order valence-electron chi connectivity index (χ4n) is 2.29. The number of ether oxygens (including phenoxy) is 1. The van der Waals surface area contributed by atoms with E-state index in [1.165, 1.54) is 18.2 Å². The molecule has 0 aliphatic carbocycles. The lowest BCUT2D eigenvalue weighted by molar-refractivity contribution is -0.387. The minimum absolute atomic E-state index is 0.00405. The molecule has 1 heterocycles. The molecule has 1 unspecified atom stereocenters. The number of benzene rings is 1. The molecule has 0 spiro atoms. The van der Waals surface area contributed by atoms with Gasteiger partial charge in [-0.25, -0.2) is 8.42 Å². The van der Waals surface area contributed by atoms with Gasteiger partial charge in [-0.1, -0.05) is 0 Å². The van der Waals surface area contributed by atoms with E-state index in [9.17, 15) is 18.5 Å². The third-order valence-corrected chi connectivity index (χ3v) is 4.56. The van der Waals surface area contributed by atoms with Crippen LogP contribution in [0, 0.1) is 10.1 Å². The molecule has 1 aliphatic rings. The number of hydrogen-bond donors (Lipinski definition) is 1. The first-order valence-electron chi connectivity index (χ1n) is 6.80. The van der Waals surface area contributed by atoms with Crippen LogP contribution in [0.4, 0.5) is 11.4 Å². The molecular formula is C13H19N3O5S. The Hall–Kier alpha value is -1.71. The van der Waals surface area contributed by atoms with Crippen molar-refractivity contribution in [1.29, 1.82) is 0 Å². The molecule has 0 amide bonds. The summed E-state index contributed by atoms with van der Waals surface area (Å²) in [5, 5.41) is 14.0. The van der Waals surface area contributed by atoms with E-state index in [1.54, 1.807) is 0 Å². The molecule has 122 valence electrons. The van der Waals surface area contributed by atoms with E-state index in [0.717, 1.165) is 19.3 Å². The molecule has 22 heavy (non-hydrogen) atoms. The normalized spacial score (nSPS) is 19.8. The maximum absolute atomic E-state index is 11.7. The van der Waals surface area contributed by atoms with Crippen molar-refractivity contribution in [3.8, 4) is 0 Å². The van der Waals surface area contributed by atoms with E-state index < -0.39 is 20.4 Å². The number of rotatable bonds is 5. The fraction of sp³-hybridized carbons (Fsp3) is 0.538. The minimum Gasteiger partial charge on any atom is -0.382 e. The van der Waals surface area contributed by atoms with E-state index in [1.807, 2.05) is 7.05 Å². The average molecular weight is 329 g/mol. The largest absolute Gasteiger partial charge is 0.382 e. The maximum atomic E-state index is 11.7. The van der Waals surface area contributed by atoms with Crippen LogP contribution < -0.4 is 5.32 Å². The number of nitro groups is 1. The first kappa shape index (κ1) is 16.7. The molecule has 1 aromatic carbocycles. The Bertz CT molecular complexity index is 662. The highest BCUT2D eigenvalue weighted by Gasteiger charge is 2.23. The van der Waals surface area contributed by atoms with E-state index in [4.69, 9.17) is 4.74 Å². The molecule has 1 atom stereocenters. The van der Waals surface area contributed by atoms with Crippen LogP contribution in [0.15, 0.2) is 23.1 Å². The van der Waals surface area contributed by atoms with Gasteiger partial charge in [0.1, 0.15) is 4.90 Å². The summed E-state index contributed by atoms with van der Waals surface area (Å²) < 4.78 is 29.0. The number of hydrogen-bond acceptors (Lipinski definition) is 7. The standard InChI is InChI=1S/C13H19N3O5S/c1-15-5-6-21-11(9-15)8-14-10-3-4-12(16(17)18)13(7-10)22(2,19)20/h3-4,7,11,14H,5-6,8-9H2,1-2H3. The Kier molecular flexibility index (Phi) is 4.99. The van der Waals surface area contributed by atoms with Gasteiger partial charge >= 0.3 is 0 Å². The van der Waals surface area contributed by atoms with Gasteiger partial charge in [-0.15, -0.1) is 0 Å². The predicted octanol–water partition coefficient (Wildman–Crippen LogP) is 0.741. The molecule has 1 aliphatic heterocycles. The summed E-state index contributed by atoms with van der Waals surface area (Å²) >= 11 is 0. The Morgan fingerprint density at radius 1 is 1.50 bits per heavy atom. The molecule has 0 saturated carbocycles. The molecule has 1 N–H and O–H groups in total. The number of nitrogens with zero attached hydrogens (tertiary/aromatic N) is 2. The van der Waals surface area contributed by atoms with Crippen LogP contribution in [0.3, 0.4) is 0 Å². The van der Waals surface area contributed by atoms with Crippen molar-refractivity contribution in [3.63, 3.8) is 0 Å². The Balaban J connectivity index is 2.13. The minimum atomic E-state index is -3.67. The second-order valence-corrected chi connectivity index (χ2v) is 7.33. The molecule has 1 saturated heterocycles. The predicted molar refractivity (Wildman–Crippen MR) is 81.9 cm³/mol. The molecule has 0 radical (unpaired) electrons. The smallest absolute Gasteiger partial charge is 0.288 e. The van der Waals surface area contributed by atoms with Crippen molar-refractivity contribution < 1.29 is 18.1 Å². The SMILES string of the molecule is CN1CCOC(CNc2ccc([N+](=O)[O-])c(S(C)(=O)=O)c2)C1. The lowest BCUT2D eigenvalue weighted by atomic mass is 10.2. The first-order chi connectivity index (χ1) is 10.3. The number of nitro benzene ring substituents is 1. The van der Waals surface area contributed by atoms with Crippen LogP contribution in [0.2, 0.25) is 0 Å². The highest BCUT2D eigenvalue weighted by atomic mass is 32.2. The molecule has 9 heteroatoms. The number of anilines is 1. The van der Waals surface area contributed by atoms with Crippen molar-refractivity contribution in [2.24, 2.45) is 0 Å². The summed E-state index contributed by atoms with van der Waals surface area (Å²) in [4.78, 5) is 12.1. The maximum Gasteiger partial charge on any atom is 0.288 e. The van der Waals surface area contributed by atoms with Crippen LogP contribution in [0.5, 0.6) is 0 Å². The first-order valence-corrected chi connectivity index (χ1v) is 8.69. The van der Waals surface area contributed by atoms with Crippen molar-refractivity contribution in [2.75, 3.05) is 44.9 Å². The number of likely N-dealkylation sites (N-methyl/N-ethyl adjacent to an activating group) is 1.